The number of hydrogen-bond donors (Lipinski definition) is 0. The van der Waals surface area contributed by atoms with Crippen LogP contribution in [0, 0.1) is 0 Å². The van der Waals surface area contributed by atoms with E-state index in [1.165, 1.54) is 0 Å². The molecule has 1 nitrogen and oxygen atoms in total. The van der Waals surface area contributed by atoms with E-state index in [0.717, 1.165) is 13.1 Å². The molecule has 0 aliphatic heterocycles. The van der Waals surface area contributed by atoms with Crippen LogP contribution in [0.2, 0.25) is 0 Å². The summed E-state index contributed by atoms with van der Waals surface area (Å²) in [4.78, 5) is 2.25. The van der Waals surface area contributed by atoms with Crippen LogP contribution in [0.15, 0.2) is 12.2 Å². The van der Waals surface area contributed by atoms with Gasteiger partial charge >= 0.3 is 0 Å². The van der Waals surface area contributed by atoms with E-state index in [0.29, 0.717) is 0 Å². The minimum atomic E-state index is 1.08. The zero-order valence-electron chi connectivity index (χ0n) is 10.0. The molecule has 0 heterocycles. The number of allylic oxidation sites excluding steroid dienone is 1. The van der Waals surface area contributed by atoms with Crippen LogP contribution in [0.1, 0.15) is 41.5 Å². The molecule has 0 rings (SSSR count). The third-order valence-corrected chi connectivity index (χ3v) is 1.19. The molecule has 0 N–H and O–H groups in total. The highest BCUT2D eigenvalue weighted by atomic mass is 15.1. The molecule has 0 saturated carbocycles. The van der Waals surface area contributed by atoms with Crippen molar-refractivity contribution in [3.8, 4) is 0 Å². The highest BCUT2D eigenvalue weighted by Crippen LogP contribution is 1.80. The van der Waals surface area contributed by atoms with Gasteiger partial charge in [-0.15, -0.1) is 0 Å². The summed E-state index contributed by atoms with van der Waals surface area (Å²) in [7, 11) is 2.11. The Morgan fingerprint density at radius 1 is 1.08 bits per heavy atom. The molecule has 0 aromatic rings. The Morgan fingerprint density at radius 2 is 1.50 bits per heavy atom. The topological polar surface area (TPSA) is 3.24 Å². The highest BCUT2D eigenvalue weighted by Gasteiger charge is 1.84. The molecule has 76 valence electrons. The molecule has 12 heavy (non-hydrogen) atoms. The largest absolute Gasteiger partial charge is 0.303 e. The van der Waals surface area contributed by atoms with Crippen molar-refractivity contribution in [2.24, 2.45) is 0 Å². The molecule has 0 atom stereocenters. The summed E-state index contributed by atoms with van der Waals surface area (Å²) in [6.45, 7) is 14.4. The molecule has 0 spiro atoms. The summed E-state index contributed by atoms with van der Waals surface area (Å²) in [5, 5.41) is 0. The van der Waals surface area contributed by atoms with Gasteiger partial charge in [0.2, 0.25) is 0 Å². The Labute approximate surface area is 79.5 Å². The van der Waals surface area contributed by atoms with Gasteiger partial charge in [0.1, 0.15) is 0 Å². The van der Waals surface area contributed by atoms with Crippen LogP contribution < -0.4 is 0 Å². The van der Waals surface area contributed by atoms with Crippen molar-refractivity contribution in [1.29, 1.82) is 0 Å². The third-order valence-electron chi connectivity index (χ3n) is 1.19. The van der Waals surface area contributed by atoms with Gasteiger partial charge < -0.3 is 4.90 Å². The van der Waals surface area contributed by atoms with Gasteiger partial charge in [-0.2, -0.15) is 0 Å². The van der Waals surface area contributed by atoms with Gasteiger partial charge in [0.05, 0.1) is 0 Å². The predicted octanol–water partition coefficient (Wildman–Crippen LogP) is 3.57. The van der Waals surface area contributed by atoms with E-state index in [9.17, 15) is 0 Å². The van der Waals surface area contributed by atoms with Gasteiger partial charge in [-0.3, -0.25) is 0 Å². The molecule has 0 radical (unpaired) electrons. The Kier molecular flexibility index (Phi) is 33.1. The Bertz CT molecular complexity index is 67.4. The number of nitrogens with zero attached hydrogens (tertiary/aromatic N) is 1. The first-order chi connectivity index (χ1) is 5.81. The summed E-state index contributed by atoms with van der Waals surface area (Å²) in [6, 6.07) is 0. The van der Waals surface area contributed by atoms with E-state index in [1.54, 1.807) is 0 Å². The van der Waals surface area contributed by atoms with Crippen LogP contribution in [-0.2, 0) is 0 Å². The second kappa shape index (κ2) is 22.4. The maximum Gasteiger partial charge on any atom is 0.0159 e. The minimum absolute atomic E-state index is 1.08. The maximum atomic E-state index is 2.25. The summed E-state index contributed by atoms with van der Waals surface area (Å²) in [5.41, 5.74) is 0. The summed E-state index contributed by atoms with van der Waals surface area (Å²) < 4.78 is 0. The molecular weight excluding hydrogens is 146 g/mol. The SMILES string of the molecule is C/C=C\CN(C)CC.CC.CC. The smallest absolute Gasteiger partial charge is 0.0159 e. The van der Waals surface area contributed by atoms with E-state index in [-0.39, 0.29) is 0 Å². The van der Waals surface area contributed by atoms with Crippen LogP contribution in [0.5, 0.6) is 0 Å². The standard InChI is InChI=1S/C7H15N.2C2H6/c1-4-6-7-8(3)5-2;2*1-2/h4,6H,5,7H2,1-3H3;2*1-2H3/b6-4-;;. The zero-order valence-corrected chi connectivity index (χ0v) is 10.0. The number of likely N-dealkylation sites (N-methyl/N-ethyl adjacent to an activating group) is 1. The van der Waals surface area contributed by atoms with E-state index >= 15 is 0 Å². The molecule has 0 amide bonds. The fraction of sp³-hybridized carbons (Fsp3) is 0.818. The van der Waals surface area contributed by atoms with Crippen molar-refractivity contribution in [3.63, 3.8) is 0 Å². The Morgan fingerprint density at radius 3 is 1.75 bits per heavy atom. The number of hydrogen-bond acceptors (Lipinski definition) is 1. The Hall–Kier alpha value is -0.300. The lowest BCUT2D eigenvalue weighted by atomic mass is 10.5. The van der Waals surface area contributed by atoms with Crippen molar-refractivity contribution in [2.45, 2.75) is 41.5 Å². The monoisotopic (exact) mass is 173 g/mol. The molecule has 0 fully saturated rings. The van der Waals surface area contributed by atoms with Gasteiger partial charge in [0.25, 0.3) is 0 Å². The van der Waals surface area contributed by atoms with Crippen molar-refractivity contribution in [2.75, 3.05) is 20.1 Å². The van der Waals surface area contributed by atoms with E-state index in [2.05, 4.69) is 31.0 Å². The second-order valence-corrected chi connectivity index (χ2v) is 1.92. The van der Waals surface area contributed by atoms with Gasteiger partial charge in [-0.05, 0) is 20.5 Å². The number of rotatable bonds is 3. The minimum Gasteiger partial charge on any atom is -0.303 e. The first-order valence-corrected chi connectivity index (χ1v) is 5.11. The second-order valence-electron chi connectivity index (χ2n) is 1.92. The molecule has 0 unspecified atom stereocenters. The highest BCUT2D eigenvalue weighted by molar-refractivity contribution is 4.79. The lowest BCUT2D eigenvalue weighted by molar-refractivity contribution is 0.392. The van der Waals surface area contributed by atoms with E-state index in [1.807, 2.05) is 34.6 Å². The first-order valence-electron chi connectivity index (χ1n) is 5.11. The zero-order chi connectivity index (χ0) is 10.4. The van der Waals surface area contributed by atoms with Crippen LogP contribution in [0.3, 0.4) is 0 Å². The van der Waals surface area contributed by atoms with Crippen molar-refractivity contribution >= 4 is 0 Å². The summed E-state index contributed by atoms with van der Waals surface area (Å²) in [6.07, 6.45) is 4.23. The molecule has 0 saturated heterocycles. The van der Waals surface area contributed by atoms with Gasteiger partial charge in [0.15, 0.2) is 0 Å². The van der Waals surface area contributed by atoms with Crippen LogP contribution in [0.25, 0.3) is 0 Å². The molecule has 1 heteroatoms. The van der Waals surface area contributed by atoms with Crippen molar-refractivity contribution in [3.05, 3.63) is 12.2 Å². The molecule has 0 aliphatic rings. The normalized spacial score (nSPS) is 8.67. The van der Waals surface area contributed by atoms with Crippen LogP contribution in [0.4, 0.5) is 0 Å². The van der Waals surface area contributed by atoms with E-state index < -0.39 is 0 Å². The average Bonchev–Trinajstić information content (AvgIpc) is 2.20. The first kappa shape index (κ1) is 17.7. The predicted molar refractivity (Wildman–Crippen MR) is 60.7 cm³/mol. The molecule has 0 aliphatic carbocycles. The maximum absolute atomic E-state index is 2.25. The Balaban J connectivity index is -0.000000175. The summed E-state index contributed by atoms with van der Waals surface area (Å²) in [5.74, 6) is 0. The van der Waals surface area contributed by atoms with E-state index in [4.69, 9.17) is 0 Å². The molecule has 0 aromatic carbocycles. The average molecular weight is 173 g/mol. The molecule has 0 bridgehead atoms. The van der Waals surface area contributed by atoms with Crippen LogP contribution in [-0.4, -0.2) is 25.0 Å². The third kappa shape index (κ3) is 22.6. The lowest BCUT2D eigenvalue weighted by Gasteiger charge is -2.08. The molecule has 0 aromatic heterocycles. The van der Waals surface area contributed by atoms with Gasteiger partial charge in [-0.25, -0.2) is 0 Å². The lowest BCUT2D eigenvalue weighted by Crippen LogP contribution is -2.16. The van der Waals surface area contributed by atoms with Crippen molar-refractivity contribution < 1.29 is 0 Å². The van der Waals surface area contributed by atoms with Crippen molar-refractivity contribution in [1.82, 2.24) is 4.90 Å². The fourth-order valence-corrected chi connectivity index (χ4v) is 0.414. The fourth-order valence-electron chi connectivity index (χ4n) is 0.414. The summed E-state index contributed by atoms with van der Waals surface area (Å²) >= 11 is 0. The van der Waals surface area contributed by atoms with Gasteiger partial charge in [0, 0.05) is 6.54 Å². The van der Waals surface area contributed by atoms with Crippen LogP contribution >= 0.6 is 0 Å². The molecular formula is C11H27N. The van der Waals surface area contributed by atoms with Gasteiger partial charge in [-0.1, -0.05) is 46.8 Å². The quantitative estimate of drug-likeness (QED) is 0.590.